The van der Waals surface area contributed by atoms with Crippen molar-refractivity contribution in [3.8, 4) is 0 Å². The van der Waals surface area contributed by atoms with Gasteiger partial charge < -0.3 is 5.73 Å². The molecule has 2 heteroatoms. The third-order valence-electron chi connectivity index (χ3n) is 2.49. The Labute approximate surface area is 97.9 Å². The number of unbranched alkanes of at least 4 members (excludes halogenated alkanes) is 1. The van der Waals surface area contributed by atoms with Crippen LogP contribution in [0.25, 0.3) is 5.70 Å². The summed E-state index contributed by atoms with van der Waals surface area (Å²) in [6.45, 7) is 6.17. The number of nitrogen functional groups attached to an aromatic ring is 1. The molecule has 1 aromatic carbocycles. The van der Waals surface area contributed by atoms with E-state index in [0.717, 1.165) is 35.4 Å². The number of aliphatic imine (C=N–C) groups is 1. The van der Waals surface area contributed by atoms with Gasteiger partial charge in [0.15, 0.2) is 0 Å². The van der Waals surface area contributed by atoms with Gasteiger partial charge in [-0.2, -0.15) is 0 Å². The molecule has 0 aliphatic carbocycles. The van der Waals surface area contributed by atoms with Crippen LogP contribution in [0.2, 0.25) is 0 Å². The summed E-state index contributed by atoms with van der Waals surface area (Å²) in [6, 6.07) is 6.03. The highest BCUT2D eigenvalue weighted by Gasteiger charge is 2.00. The molecule has 2 nitrogen and oxygen atoms in total. The Morgan fingerprint density at radius 2 is 2.19 bits per heavy atom. The zero-order chi connectivity index (χ0) is 12.0. The number of anilines is 1. The van der Waals surface area contributed by atoms with Crippen LogP contribution < -0.4 is 5.73 Å². The number of nitrogens with two attached hydrogens (primary N) is 1. The molecule has 0 unspecified atom stereocenters. The second-order valence-electron chi connectivity index (χ2n) is 3.85. The van der Waals surface area contributed by atoms with Crippen LogP contribution in [0.3, 0.4) is 0 Å². The molecule has 1 rings (SSSR count). The third-order valence-corrected chi connectivity index (χ3v) is 2.49. The molecule has 0 saturated heterocycles. The lowest BCUT2D eigenvalue weighted by atomic mass is 10.1. The highest BCUT2D eigenvalue weighted by Crippen LogP contribution is 2.20. The maximum absolute atomic E-state index is 5.79. The Hall–Kier alpha value is -1.57. The van der Waals surface area contributed by atoms with E-state index < -0.39 is 0 Å². The van der Waals surface area contributed by atoms with Gasteiger partial charge in [0.25, 0.3) is 0 Å². The smallest absolute Gasteiger partial charge is 0.0655 e. The Balaban J connectivity index is 2.92. The SMILES string of the molecule is C/C=C(\N=C/CCC)c1ccc(N)c(C)c1. The van der Waals surface area contributed by atoms with Crippen molar-refractivity contribution in [3.05, 3.63) is 35.4 Å². The minimum Gasteiger partial charge on any atom is -0.399 e. The number of benzene rings is 1. The molecule has 0 aromatic heterocycles. The molecule has 1 aromatic rings. The molecule has 0 atom stereocenters. The lowest BCUT2D eigenvalue weighted by Crippen LogP contribution is -1.91. The minimum atomic E-state index is 0.830. The van der Waals surface area contributed by atoms with Crippen LogP contribution in [-0.2, 0) is 0 Å². The molecule has 0 amide bonds. The molecule has 0 spiro atoms. The van der Waals surface area contributed by atoms with Gasteiger partial charge in [-0.15, -0.1) is 0 Å². The summed E-state index contributed by atoms with van der Waals surface area (Å²) in [5, 5.41) is 0. The van der Waals surface area contributed by atoms with E-state index in [1.165, 1.54) is 0 Å². The van der Waals surface area contributed by atoms with E-state index in [-0.39, 0.29) is 0 Å². The van der Waals surface area contributed by atoms with Crippen molar-refractivity contribution in [3.63, 3.8) is 0 Å². The zero-order valence-corrected chi connectivity index (χ0v) is 10.3. The van der Waals surface area contributed by atoms with Crippen molar-refractivity contribution >= 4 is 17.6 Å². The van der Waals surface area contributed by atoms with Gasteiger partial charge in [0.2, 0.25) is 0 Å². The monoisotopic (exact) mass is 216 g/mol. The Kier molecular flexibility index (Phi) is 4.77. The maximum Gasteiger partial charge on any atom is 0.0655 e. The van der Waals surface area contributed by atoms with E-state index in [1.54, 1.807) is 0 Å². The highest BCUT2D eigenvalue weighted by molar-refractivity contribution is 5.74. The quantitative estimate of drug-likeness (QED) is 0.603. The molecule has 0 aliphatic rings. The molecular formula is C14H20N2. The summed E-state index contributed by atoms with van der Waals surface area (Å²) in [5.74, 6) is 0. The normalized spacial score (nSPS) is 12.3. The fraction of sp³-hybridized carbons (Fsp3) is 0.357. The van der Waals surface area contributed by atoms with Crippen molar-refractivity contribution in [1.82, 2.24) is 0 Å². The highest BCUT2D eigenvalue weighted by atomic mass is 14.7. The number of aryl methyl sites for hydroxylation is 1. The number of nitrogens with zero attached hydrogens (tertiary/aromatic N) is 1. The third kappa shape index (κ3) is 3.23. The van der Waals surface area contributed by atoms with Gasteiger partial charge in [0, 0.05) is 17.5 Å². The number of allylic oxidation sites excluding steroid dienone is 1. The number of hydrogen-bond acceptors (Lipinski definition) is 2. The Bertz CT molecular complexity index is 403. The van der Waals surface area contributed by atoms with Crippen LogP contribution in [0.1, 0.15) is 37.8 Å². The molecular weight excluding hydrogens is 196 g/mol. The van der Waals surface area contributed by atoms with Crippen molar-refractivity contribution in [2.75, 3.05) is 5.73 Å². The molecule has 0 aliphatic heterocycles. The Morgan fingerprint density at radius 1 is 1.44 bits per heavy atom. The number of rotatable bonds is 4. The van der Waals surface area contributed by atoms with E-state index in [4.69, 9.17) is 5.73 Å². The predicted molar refractivity (Wildman–Crippen MR) is 72.6 cm³/mol. The van der Waals surface area contributed by atoms with Gasteiger partial charge in [-0.25, -0.2) is 0 Å². The van der Waals surface area contributed by atoms with E-state index in [2.05, 4.69) is 18.0 Å². The standard InChI is InChI=1S/C14H20N2/c1-4-6-9-16-14(5-2)12-7-8-13(15)11(3)10-12/h5,7-10H,4,6,15H2,1-3H3/b14-5-,16-9-. The summed E-state index contributed by atoms with van der Waals surface area (Å²) in [5.41, 5.74) is 9.86. The predicted octanol–water partition coefficient (Wildman–Crippen LogP) is 3.81. The van der Waals surface area contributed by atoms with Crippen LogP contribution in [0.4, 0.5) is 5.69 Å². The first-order valence-electron chi connectivity index (χ1n) is 5.74. The first kappa shape index (κ1) is 12.5. The van der Waals surface area contributed by atoms with E-state index in [0.29, 0.717) is 0 Å². The van der Waals surface area contributed by atoms with Crippen LogP contribution in [0.5, 0.6) is 0 Å². The van der Waals surface area contributed by atoms with Gasteiger partial charge in [0.1, 0.15) is 0 Å². The fourth-order valence-electron chi connectivity index (χ4n) is 1.44. The summed E-state index contributed by atoms with van der Waals surface area (Å²) in [7, 11) is 0. The van der Waals surface area contributed by atoms with Crippen molar-refractivity contribution in [2.24, 2.45) is 4.99 Å². The van der Waals surface area contributed by atoms with Crippen molar-refractivity contribution < 1.29 is 0 Å². The van der Waals surface area contributed by atoms with Crippen LogP contribution >= 0.6 is 0 Å². The van der Waals surface area contributed by atoms with Gasteiger partial charge in [0.05, 0.1) is 5.70 Å². The number of hydrogen-bond donors (Lipinski definition) is 1. The second-order valence-corrected chi connectivity index (χ2v) is 3.85. The first-order valence-corrected chi connectivity index (χ1v) is 5.74. The lowest BCUT2D eigenvalue weighted by Gasteiger charge is -2.05. The lowest BCUT2D eigenvalue weighted by molar-refractivity contribution is 1.01. The molecule has 0 saturated carbocycles. The largest absolute Gasteiger partial charge is 0.399 e. The van der Waals surface area contributed by atoms with E-state index >= 15 is 0 Å². The van der Waals surface area contributed by atoms with Crippen molar-refractivity contribution in [1.29, 1.82) is 0 Å². The fourth-order valence-corrected chi connectivity index (χ4v) is 1.44. The van der Waals surface area contributed by atoms with Gasteiger partial charge in [-0.3, -0.25) is 4.99 Å². The topological polar surface area (TPSA) is 38.4 Å². The molecule has 86 valence electrons. The minimum absolute atomic E-state index is 0.830. The maximum atomic E-state index is 5.79. The molecule has 16 heavy (non-hydrogen) atoms. The average molecular weight is 216 g/mol. The van der Waals surface area contributed by atoms with Crippen molar-refractivity contribution in [2.45, 2.75) is 33.6 Å². The Morgan fingerprint density at radius 3 is 2.75 bits per heavy atom. The van der Waals surface area contributed by atoms with Crippen LogP contribution in [0.15, 0.2) is 29.3 Å². The summed E-state index contributed by atoms with van der Waals surface area (Å²) < 4.78 is 0. The van der Waals surface area contributed by atoms with Crippen LogP contribution in [0, 0.1) is 6.92 Å². The van der Waals surface area contributed by atoms with E-state index in [1.807, 2.05) is 38.3 Å². The van der Waals surface area contributed by atoms with E-state index in [9.17, 15) is 0 Å². The summed E-state index contributed by atoms with van der Waals surface area (Å²) in [6.07, 6.45) is 6.14. The zero-order valence-electron chi connectivity index (χ0n) is 10.3. The van der Waals surface area contributed by atoms with Crippen LogP contribution in [-0.4, -0.2) is 6.21 Å². The molecule has 0 radical (unpaired) electrons. The molecule has 0 heterocycles. The van der Waals surface area contributed by atoms with Gasteiger partial charge in [-0.1, -0.05) is 25.5 Å². The summed E-state index contributed by atoms with van der Waals surface area (Å²) in [4.78, 5) is 4.47. The van der Waals surface area contributed by atoms with Gasteiger partial charge >= 0.3 is 0 Å². The summed E-state index contributed by atoms with van der Waals surface area (Å²) >= 11 is 0. The molecule has 0 fully saturated rings. The second kappa shape index (κ2) is 6.11. The average Bonchev–Trinajstić information content (AvgIpc) is 2.29. The van der Waals surface area contributed by atoms with Gasteiger partial charge in [-0.05, 0) is 38.0 Å². The molecule has 2 N–H and O–H groups in total. The molecule has 0 bridgehead atoms. The first-order chi connectivity index (χ1) is 7.69.